The Hall–Kier alpha value is -1.62. The Morgan fingerprint density at radius 1 is 1.47 bits per heavy atom. The van der Waals surface area contributed by atoms with E-state index in [1.165, 1.54) is 0 Å². The van der Waals surface area contributed by atoms with Crippen molar-refractivity contribution in [1.82, 2.24) is 0 Å². The number of nitrogens with one attached hydrogen (secondary N) is 1. The van der Waals surface area contributed by atoms with Gasteiger partial charge in [0.05, 0.1) is 0 Å². The average Bonchev–Trinajstić information content (AvgIpc) is 2.28. The molecule has 0 saturated carbocycles. The van der Waals surface area contributed by atoms with Crippen LogP contribution < -0.4 is 11.1 Å². The summed E-state index contributed by atoms with van der Waals surface area (Å²) in [6.45, 7) is 7.08. The first-order valence-electron chi connectivity index (χ1n) is 6.17. The predicted octanol–water partition coefficient (Wildman–Crippen LogP) is 3.31. The van der Waals surface area contributed by atoms with Crippen LogP contribution in [0.25, 0.3) is 0 Å². The number of nitrogens with two attached hydrogens (primary N) is 1. The molecule has 0 fully saturated rings. The molecule has 0 aliphatic carbocycles. The summed E-state index contributed by atoms with van der Waals surface area (Å²) < 4.78 is 18.7. The molecule has 0 spiro atoms. The maximum atomic E-state index is 13.5. The summed E-state index contributed by atoms with van der Waals surface area (Å²) in [5.41, 5.74) is 6.52. The minimum Gasteiger partial charge on any atom is -0.444 e. The Bertz CT molecular complexity index is 455. The largest absolute Gasteiger partial charge is 0.444 e. The van der Waals surface area contributed by atoms with Crippen molar-refractivity contribution in [3.05, 3.63) is 29.3 Å². The van der Waals surface area contributed by atoms with E-state index >= 15 is 0 Å². The number of benzene rings is 1. The van der Waals surface area contributed by atoms with Crippen molar-refractivity contribution in [1.29, 1.82) is 0 Å². The molecular formula is C14H21FN2O2. The predicted molar refractivity (Wildman–Crippen MR) is 73.9 cm³/mol. The molecule has 1 aromatic rings. The van der Waals surface area contributed by atoms with Gasteiger partial charge in [-0.15, -0.1) is 0 Å². The van der Waals surface area contributed by atoms with E-state index in [4.69, 9.17) is 10.5 Å². The molecule has 0 heterocycles. The van der Waals surface area contributed by atoms with Gasteiger partial charge in [0.25, 0.3) is 0 Å². The van der Waals surface area contributed by atoms with E-state index < -0.39 is 17.9 Å². The van der Waals surface area contributed by atoms with Gasteiger partial charge in [-0.2, -0.15) is 0 Å². The van der Waals surface area contributed by atoms with E-state index in [0.717, 1.165) is 5.56 Å². The van der Waals surface area contributed by atoms with Gasteiger partial charge >= 0.3 is 6.09 Å². The normalized spacial score (nSPS) is 12.9. The highest BCUT2D eigenvalue weighted by atomic mass is 19.1. The van der Waals surface area contributed by atoms with Crippen LogP contribution >= 0.6 is 0 Å². The van der Waals surface area contributed by atoms with Crippen LogP contribution in [-0.4, -0.2) is 18.2 Å². The Kier molecular flexibility index (Phi) is 4.89. The van der Waals surface area contributed by atoms with Gasteiger partial charge in [-0.1, -0.05) is 12.1 Å². The summed E-state index contributed by atoms with van der Waals surface area (Å²) in [6.07, 6.45) is -1.80. The monoisotopic (exact) mass is 268 g/mol. The van der Waals surface area contributed by atoms with E-state index in [-0.39, 0.29) is 6.54 Å². The van der Waals surface area contributed by atoms with Crippen molar-refractivity contribution in [2.75, 3.05) is 11.9 Å². The molecular weight excluding hydrogens is 247 g/mol. The van der Waals surface area contributed by atoms with Crippen LogP contribution in [-0.2, 0) is 4.74 Å². The summed E-state index contributed by atoms with van der Waals surface area (Å²) >= 11 is 0. The maximum absolute atomic E-state index is 13.5. The SMILES string of the molecule is Cc1ccc(C(F)CN)cc1NC(=O)OC(C)(C)C. The van der Waals surface area contributed by atoms with E-state index in [1.54, 1.807) is 39.0 Å². The molecule has 0 radical (unpaired) electrons. The van der Waals surface area contributed by atoms with Crippen molar-refractivity contribution in [2.24, 2.45) is 5.73 Å². The van der Waals surface area contributed by atoms with Gasteiger partial charge in [0.2, 0.25) is 0 Å². The van der Waals surface area contributed by atoms with Crippen LogP contribution in [0.2, 0.25) is 0 Å². The summed E-state index contributed by atoms with van der Waals surface area (Å²) in [5, 5.41) is 2.62. The van der Waals surface area contributed by atoms with Gasteiger partial charge in [0, 0.05) is 12.2 Å². The molecule has 3 N–H and O–H groups in total. The molecule has 1 atom stereocenters. The number of ether oxygens (including phenoxy) is 1. The molecule has 0 saturated heterocycles. The van der Waals surface area contributed by atoms with Crippen LogP contribution in [0.5, 0.6) is 0 Å². The Labute approximate surface area is 113 Å². The third kappa shape index (κ3) is 4.87. The fourth-order valence-electron chi connectivity index (χ4n) is 1.52. The quantitative estimate of drug-likeness (QED) is 0.884. The summed E-state index contributed by atoms with van der Waals surface area (Å²) in [5.74, 6) is 0. The number of anilines is 1. The van der Waals surface area contributed by atoms with Crippen LogP contribution in [0, 0.1) is 6.92 Å². The highest BCUT2D eigenvalue weighted by Gasteiger charge is 2.17. The molecule has 0 aromatic heterocycles. The van der Waals surface area contributed by atoms with E-state index in [0.29, 0.717) is 11.3 Å². The first-order chi connectivity index (χ1) is 8.73. The molecule has 0 bridgehead atoms. The standard InChI is InChI=1S/C14H21FN2O2/c1-9-5-6-10(11(15)8-16)7-12(9)17-13(18)19-14(2,3)4/h5-7,11H,8,16H2,1-4H3,(H,17,18). The van der Waals surface area contributed by atoms with Gasteiger partial charge in [0.1, 0.15) is 11.8 Å². The van der Waals surface area contributed by atoms with Crippen LogP contribution in [0.15, 0.2) is 18.2 Å². The molecule has 1 amide bonds. The number of amides is 1. The van der Waals surface area contributed by atoms with Crippen molar-refractivity contribution >= 4 is 11.8 Å². The second-order valence-electron chi connectivity index (χ2n) is 5.40. The lowest BCUT2D eigenvalue weighted by Gasteiger charge is -2.20. The van der Waals surface area contributed by atoms with Crippen molar-refractivity contribution < 1.29 is 13.9 Å². The number of hydrogen-bond acceptors (Lipinski definition) is 3. The van der Waals surface area contributed by atoms with E-state index in [9.17, 15) is 9.18 Å². The van der Waals surface area contributed by atoms with Crippen LogP contribution in [0.3, 0.4) is 0 Å². The topological polar surface area (TPSA) is 64.3 Å². The van der Waals surface area contributed by atoms with Gasteiger partial charge in [0.15, 0.2) is 0 Å². The maximum Gasteiger partial charge on any atom is 0.412 e. The lowest BCUT2D eigenvalue weighted by Crippen LogP contribution is -2.27. The molecule has 1 rings (SSSR count). The molecule has 106 valence electrons. The number of carbonyl (C=O) groups excluding carboxylic acids is 1. The summed E-state index contributed by atoms with van der Waals surface area (Å²) in [7, 11) is 0. The highest BCUT2D eigenvalue weighted by molar-refractivity contribution is 5.86. The molecule has 0 aliphatic heterocycles. The summed E-state index contributed by atoms with van der Waals surface area (Å²) in [6, 6.07) is 4.98. The van der Waals surface area contributed by atoms with Crippen LogP contribution in [0.4, 0.5) is 14.9 Å². The zero-order chi connectivity index (χ0) is 14.6. The Morgan fingerprint density at radius 3 is 2.63 bits per heavy atom. The van der Waals surface area contributed by atoms with Gasteiger partial charge in [-0.25, -0.2) is 9.18 Å². The molecule has 19 heavy (non-hydrogen) atoms. The zero-order valence-electron chi connectivity index (χ0n) is 11.8. The average molecular weight is 268 g/mol. The van der Waals surface area contributed by atoms with Crippen molar-refractivity contribution in [2.45, 2.75) is 39.5 Å². The third-order valence-corrected chi connectivity index (χ3v) is 2.47. The first kappa shape index (κ1) is 15.4. The smallest absolute Gasteiger partial charge is 0.412 e. The van der Waals surface area contributed by atoms with Gasteiger partial charge in [-0.3, -0.25) is 5.32 Å². The van der Waals surface area contributed by atoms with Crippen molar-refractivity contribution in [3.63, 3.8) is 0 Å². The van der Waals surface area contributed by atoms with Gasteiger partial charge < -0.3 is 10.5 Å². The number of halogens is 1. The molecule has 5 heteroatoms. The summed E-state index contributed by atoms with van der Waals surface area (Å²) in [4.78, 5) is 11.7. The third-order valence-electron chi connectivity index (χ3n) is 2.47. The second-order valence-corrected chi connectivity index (χ2v) is 5.40. The number of alkyl halides is 1. The van der Waals surface area contributed by atoms with E-state index in [1.807, 2.05) is 6.92 Å². The van der Waals surface area contributed by atoms with Crippen LogP contribution in [0.1, 0.15) is 38.1 Å². The fraction of sp³-hybridized carbons (Fsp3) is 0.500. The lowest BCUT2D eigenvalue weighted by atomic mass is 10.1. The second kappa shape index (κ2) is 6.02. The number of aryl methyl sites for hydroxylation is 1. The first-order valence-corrected chi connectivity index (χ1v) is 6.17. The minimum atomic E-state index is -1.24. The zero-order valence-corrected chi connectivity index (χ0v) is 11.8. The minimum absolute atomic E-state index is 0.0884. The van der Waals surface area contributed by atoms with Crippen molar-refractivity contribution in [3.8, 4) is 0 Å². The molecule has 1 unspecified atom stereocenters. The van der Waals surface area contributed by atoms with E-state index in [2.05, 4.69) is 5.32 Å². The number of rotatable bonds is 3. The lowest BCUT2D eigenvalue weighted by molar-refractivity contribution is 0.0636. The Morgan fingerprint density at radius 2 is 2.11 bits per heavy atom. The van der Waals surface area contributed by atoms with Gasteiger partial charge in [-0.05, 0) is 44.9 Å². The Balaban J connectivity index is 2.85. The molecule has 1 aromatic carbocycles. The molecule has 0 aliphatic rings. The fourth-order valence-corrected chi connectivity index (χ4v) is 1.52. The molecule has 4 nitrogen and oxygen atoms in total. The highest BCUT2D eigenvalue weighted by Crippen LogP contribution is 2.23. The number of carbonyl (C=O) groups is 1. The number of hydrogen-bond donors (Lipinski definition) is 2.